The molecule has 2 N–H and O–H groups in total. The Morgan fingerprint density at radius 2 is 2.25 bits per heavy atom. The summed E-state index contributed by atoms with van der Waals surface area (Å²) in [5.74, 6) is 0.160. The van der Waals surface area contributed by atoms with Crippen LogP contribution >= 0.6 is 11.6 Å². The quantitative estimate of drug-likeness (QED) is 0.805. The Kier molecular flexibility index (Phi) is 4.78. The number of nitrogens with zero attached hydrogens (tertiary/aromatic N) is 1. The first kappa shape index (κ1) is 15.4. The van der Waals surface area contributed by atoms with E-state index in [4.69, 9.17) is 11.6 Å². The second-order valence-electron chi connectivity index (χ2n) is 4.97. The Morgan fingerprint density at radius 1 is 1.50 bits per heavy atom. The molecule has 0 aliphatic carbocycles. The number of hydrogen-bond acceptors (Lipinski definition) is 4. The van der Waals surface area contributed by atoms with Crippen molar-refractivity contribution in [2.45, 2.75) is 18.9 Å². The smallest absolute Gasteiger partial charge is 0.232 e. The van der Waals surface area contributed by atoms with Gasteiger partial charge in [-0.15, -0.1) is 11.6 Å². The minimum Gasteiger partial charge on any atom is -0.390 e. The van der Waals surface area contributed by atoms with Gasteiger partial charge in [-0.2, -0.15) is 0 Å². The van der Waals surface area contributed by atoms with Gasteiger partial charge in [-0.1, -0.05) is 6.07 Å². The van der Waals surface area contributed by atoms with Gasteiger partial charge in [0.15, 0.2) is 0 Å². The van der Waals surface area contributed by atoms with Crippen molar-refractivity contribution in [1.82, 2.24) is 0 Å². The highest BCUT2D eigenvalue weighted by molar-refractivity contribution is 7.92. The summed E-state index contributed by atoms with van der Waals surface area (Å²) in [4.78, 5) is 0. The van der Waals surface area contributed by atoms with E-state index >= 15 is 0 Å². The van der Waals surface area contributed by atoms with Gasteiger partial charge < -0.3 is 10.4 Å². The SMILES string of the molecule is CS(=O)(=O)N1CCCc2ccc(NCC(O)CCl)cc21. The van der Waals surface area contributed by atoms with Crippen LogP contribution in [0.1, 0.15) is 12.0 Å². The first-order valence-electron chi connectivity index (χ1n) is 6.50. The van der Waals surface area contributed by atoms with E-state index in [9.17, 15) is 13.5 Å². The number of aliphatic hydroxyl groups excluding tert-OH is 1. The monoisotopic (exact) mass is 318 g/mol. The van der Waals surface area contributed by atoms with Crippen molar-refractivity contribution in [3.05, 3.63) is 23.8 Å². The Bertz CT molecular complexity index is 577. The first-order valence-corrected chi connectivity index (χ1v) is 8.88. The molecule has 0 aromatic heterocycles. The summed E-state index contributed by atoms with van der Waals surface area (Å²) in [6.07, 6.45) is 2.31. The van der Waals surface area contributed by atoms with Crippen LogP contribution in [-0.4, -0.2) is 44.9 Å². The van der Waals surface area contributed by atoms with Crippen LogP contribution < -0.4 is 9.62 Å². The lowest BCUT2D eigenvalue weighted by Crippen LogP contribution is -2.34. The fourth-order valence-electron chi connectivity index (χ4n) is 2.29. The first-order chi connectivity index (χ1) is 9.41. The van der Waals surface area contributed by atoms with Gasteiger partial charge in [0.2, 0.25) is 10.0 Å². The number of alkyl halides is 1. The largest absolute Gasteiger partial charge is 0.390 e. The second kappa shape index (κ2) is 6.20. The van der Waals surface area contributed by atoms with E-state index in [1.807, 2.05) is 18.2 Å². The fraction of sp³-hybridized carbons (Fsp3) is 0.538. The lowest BCUT2D eigenvalue weighted by Gasteiger charge is -2.29. The number of aliphatic hydroxyl groups is 1. The van der Waals surface area contributed by atoms with E-state index in [0.29, 0.717) is 13.1 Å². The summed E-state index contributed by atoms with van der Waals surface area (Å²) in [5, 5.41) is 12.5. The van der Waals surface area contributed by atoms with Crippen LogP contribution in [0.4, 0.5) is 11.4 Å². The molecule has 0 saturated carbocycles. The molecule has 112 valence electrons. The fourth-order valence-corrected chi connectivity index (χ4v) is 3.38. The molecule has 7 heteroatoms. The van der Waals surface area contributed by atoms with Gasteiger partial charge in [0, 0.05) is 18.8 Å². The molecule has 0 amide bonds. The Hall–Kier alpha value is -0.980. The molecule has 2 rings (SSSR count). The topological polar surface area (TPSA) is 69.6 Å². The van der Waals surface area contributed by atoms with Crippen LogP contribution in [0.15, 0.2) is 18.2 Å². The summed E-state index contributed by atoms with van der Waals surface area (Å²) in [5.41, 5.74) is 2.54. The molecular formula is C13H19ClN2O3S. The Morgan fingerprint density at radius 3 is 2.90 bits per heavy atom. The van der Waals surface area contributed by atoms with Gasteiger partial charge in [0.1, 0.15) is 0 Å². The molecule has 5 nitrogen and oxygen atoms in total. The predicted octanol–water partition coefficient (Wildman–Crippen LogP) is 1.41. The van der Waals surface area contributed by atoms with E-state index in [1.165, 1.54) is 10.6 Å². The molecular weight excluding hydrogens is 300 g/mol. The lowest BCUT2D eigenvalue weighted by molar-refractivity contribution is 0.211. The zero-order valence-corrected chi connectivity index (χ0v) is 12.9. The van der Waals surface area contributed by atoms with Gasteiger partial charge in [-0.05, 0) is 30.5 Å². The van der Waals surface area contributed by atoms with Crippen LogP contribution in [0.2, 0.25) is 0 Å². The van der Waals surface area contributed by atoms with Crippen LogP contribution in [0.3, 0.4) is 0 Å². The minimum absolute atomic E-state index is 0.160. The molecule has 1 heterocycles. The zero-order chi connectivity index (χ0) is 14.8. The van der Waals surface area contributed by atoms with Crippen LogP contribution in [0, 0.1) is 0 Å². The summed E-state index contributed by atoms with van der Waals surface area (Å²) in [7, 11) is -3.26. The third kappa shape index (κ3) is 3.56. The molecule has 1 aliphatic rings. The van der Waals surface area contributed by atoms with Gasteiger partial charge in [0.05, 0.1) is 23.9 Å². The van der Waals surface area contributed by atoms with E-state index in [-0.39, 0.29) is 5.88 Å². The highest BCUT2D eigenvalue weighted by atomic mass is 35.5. The maximum atomic E-state index is 11.8. The van der Waals surface area contributed by atoms with Gasteiger partial charge >= 0.3 is 0 Å². The summed E-state index contributed by atoms with van der Waals surface area (Å²) in [6.45, 7) is 0.848. The van der Waals surface area contributed by atoms with Crippen molar-refractivity contribution in [1.29, 1.82) is 0 Å². The molecule has 1 aromatic rings. The summed E-state index contributed by atoms with van der Waals surface area (Å²) >= 11 is 5.54. The second-order valence-corrected chi connectivity index (χ2v) is 7.19. The number of sulfonamides is 1. The molecule has 0 fully saturated rings. The number of rotatable bonds is 5. The highest BCUT2D eigenvalue weighted by Crippen LogP contribution is 2.31. The van der Waals surface area contributed by atoms with Crippen molar-refractivity contribution in [2.24, 2.45) is 0 Å². The number of aryl methyl sites for hydroxylation is 1. The summed E-state index contributed by atoms with van der Waals surface area (Å²) < 4.78 is 25.1. The normalized spacial score (nSPS) is 16.6. The average molecular weight is 319 g/mol. The molecule has 1 aromatic carbocycles. The van der Waals surface area contributed by atoms with E-state index in [1.54, 1.807) is 0 Å². The molecule has 1 unspecified atom stereocenters. The number of anilines is 2. The predicted molar refractivity (Wildman–Crippen MR) is 82.2 cm³/mol. The Labute approximate surface area is 124 Å². The number of nitrogens with one attached hydrogen (secondary N) is 1. The Balaban J connectivity index is 2.24. The van der Waals surface area contributed by atoms with Gasteiger partial charge in [0.25, 0.3) is 0 Å². The van der Waals surface area contributed by atoms with Gasteiger partial charge in [-0.25, -0.2) is 8.42 Å². The maximum absolute atomic E-state index is 11.8. The molecule has 1 aliphatic heterocycles. The standard InChI is InChI=1S/C13H19ClN2O3S/c1-20(18,19)16-6-2-3-10-4-5-11(7-13(10)16)15-9-12(17)8-14/h4-5,7,12,15,17H,2-3,6,8-9H2,1H3. The minimum atomic E-state index is -3.26. The molecule has 0 radical (unpaired) electrons. The highest BCUT2D eigenvalue weighted by Gasteiger charge is 2.24. The summed E-state index contributed by atoms with van der Waals surface area (Å²) in [6, 6.07) is 5.64. The number of halogens is 1. The van der Waals surface area contributed by atoms with Gasteiger partial charge in [-0.3, -0.25) is 4.31 Å². The molecule has 1 atom stereocenters. The van der Waals surface area contributed by atoms with E-state index in [0.717, 1.165) is 29.8 Å². The van der Waals surface area contributed by atoms with Crippen molar-refractivity contribution < 1.29 is 13.5 Å². The van der Waals surface area contributed by atoms with E-state index in [2.05, 4.69) is 5.32 Å². The van der Waals surface area contributed by atoms with Crippen molar-refractivity contribution in [3.63, 3.8) is 0 Å². The molecule has 0 bridgehead atoms. The lowest BCUT2D eigenvalue weighted by atomic mass is 10.0. The van der Waals surface area contributed by atoms with E-state index < -0.39 is 16.1 Å². The van der Waals surface area contributed by atoms with Crippen molar-refractivity contribution >= 4 is 33.0 Å². The number of hydrogen-bond donors (Lipinski definition) is 2. The van der Waals surface area contributed by atoms with Crippen molar-refractivity contribution in [2.75, 3.05) is 34.8 Å². The molecule has 0 saturated heterocycles. The molecule has 20 heavy (non-hydrogen) atoms. The van der Waals surface area contributed by atoms with Crippen molar-refractivity contribution in [3.8, 4) is 0 Å². The number of fused-ring (bicyclic) bond motifs is 1. The third-order valence-corrected chi connectivity index (χ3v) is 4.82. The average Bonchev–Trinajstić information content (AvgIpc) is 2.42. The number of benzene rings is 1. The third-order valence-electron chi connectivity index (χ3n) is 3.28. The van der Waals surface area contributed by atoms with Crippen LogP contribution in [-0.2, 0) is 16.4 Å². The molecule has 0 spiro atoms. The zero-order valence-electron chi connectivity index (χ0n) is 11.3. The van der Waals surface area contributed by atoms with Crippen LogP contribution in [0.25, 0.3) is 0 Å². The van der Waals surface area contributed by atoms with Crippen LogP contribution in [0.5, 0.6) is 0 Å². The maximum Gasteiger partial charge on any atom is 0.232 e.